The van der Waals surface area contributed by atoms with Crippen LogP contribution in [0.5, 0.6) is 0 Å². The quantitative estimate of drug-likeness (QED) is 0.140. The molecule has 0 aromatic heterocycles. The summed E-state index contributed by atoms with van der Waals surface area (Å²) in [7, 11) is 0. The van der Waals surface area contributed by atoms with Gasteiger partial charge in [0.1, 0.15) is 0 Å². The Morgan fingerprint density at radius 3 is 0.721 bits per heavy atom. The van der Waals surface area contributed by atoms with E-state index in [1.165, 1.54) is 143 Å². The van der Waals surface area contributed by atoms with E-state index in [0.29, 0.717) is 0 Å². The van der Waals surface area contributed by atoms with E-state index in [1.54, 1.807) is 0 Å². The van der Waals surface area contributed by atoms with Crippen LogP contribution in [0.25, 0.3) is 143 Å². The molecule has 68 heavy (non-hydrogen) atoms. The predicted octanol–water partition coefficient (Wildman–Crippen LogP) is 19.2. The van der Waals surface area contributed by atoms with Gasteiger partial charge < -0.3 is 0 Å². The molecule has 0 heteroatoms. The van der Waals surface area contributed by atoms with Gasteiger partial charge in [-0.2, -0.15) is 0 Å². The lowest BCUT2D eigenvalue weighted by molar-refractivity contribution is 1.58. The Morgan fingerprint density at radius 2 is 0.382 bits per heavy atom. The van der Waals surface area contributed by atoms with Crippen LogP contribution < -0.4 is 0 Å². The molecular weight excluding hydrogens is 817 g/mol. The minimum absolute atomic E-state index is 1.21. The number of rotatable bonds is 7. The second kappa shape index (κ2) is 15.4. The first-order valence-corrected chi connectivity index (χ1v) is 23.6. The van der Waals surface area contributed by atoms with Gasteiger partial charge >= 0.3 is 0 Å². The Hall–Kier alpha value is -8.84. The highest BCUT2D eigenvalue weighted by Gasteiger charge is 2.17. The van der Waals surface area contributed by atoms with Gasteiger partial charge in [0, 0.05) is 0 Å². The number of hydrogen-bond acceptors (Lipinski definition) is 0. The van der Waals surface area contributed by atoms with Crippen molar-refractivity contribution >= 4 is 64.6 Å². The summed E-state index contributed by atoms with van der Waals surface area (Å²) in [5.74, 6) is 0. The van der Waals surface area contributed by atoms with Crippen molar-refractivity contribution in [2.45, 2.75) is 0 Å². The third-order valence-corrected chi connectivity index (χ3v) is 14.6. The molecule has 0 heterocycles. The molecule has 0 unspecified atom stereocenters. The van der Waals surface area contributed by atoms with E-state index in [4.69, 9.17) is 0 Å². The SMILES string of the molecule is c1ccc(-c2ccc(-c3ccc4ccc5c(-c6ccc(-c7cccc(-c8ccc(-c9ccc%10ccc%11c(-c%12ccccc%12)ccc%12ccc9c%10c%12%11)cc8)c7)cc6)ccc6ccc3c4c65)cc2)cc1. The van der Waals surface area contributed by atoms with Gasteiger partial charge in [0.25, 0.3) is 0 Å². The van der Waals surface area contributed by atoms with Gasteiger partial charge in [-0.1, -0.05) is 249 Å². The smallest absolute Gasteiger partial charge is 0.00203 e. The summed E-state index contributed by atoms with van der Waals surface area (Å²) in [5, 5.41) is 15.6. The van der Waals surface area contributed by atoms with Crippen LogP contribution >= 0.6 is 0 Å². The lowest BCUT2D eigenvalue weighted by atomic mass is 9.87. The van der Waals surface area contributed by atoms with Gasteiger partial charge in [-0.3, -0.25) is 0 Å². The molecule has 14 rings (SSSR count). The molecule has 0 saturated carbocycles. The molecule has 0 N–H and O–H groups in total. The predicted molar refractivity (Wildman–Crippen MR) is 292 cm³/mol. The third-order valence-electron chi connectivity index (χ3n) is 14.6. The van der Waals surface area contributed by atoms with Crippen LogP contribution in [0.3, 0.4) is 0 Å². The first-order valence-electron chi connectivity index (χ1n) is 23.6. The average Bonchev–Trinajstić information content (AvgIpc) is 3.42. The van der Waals surface area contributed by atoms with E-state index in [2.05, 4.69) is 255 Å². The fraction of sp³-hybridized carbons (Fsp3) is 0. The third kappa shape index (κ3) is 6.15. The zero-order valence-corrected chi connectivity index (χ0v) is 37.2. The molecule has 0 aliphatic carbocycles. The van der Waals surface area contributed by atoms with Crippen LogP contribution in [0.15, 0.2) is 255 Å². The fourth-order valence-corrected chi connectivity index (χ4v) is 11.3. The highest BCUT2D eigenvalue weighted by molar-refractivity contribution is 6.29. The Labute approximate surface area is 395 Å². The fourth-order valence-electron chi connectivity index (χ4n) is 11.3. The van der Waals surface area contributed by atoms with Crippen molar-refractivity contribution in [3.63, 3.8) is 0 Å². The first kappa shape index (κ1) is 38.4. The molecule has 0 saturated heterocycles. The largest absolute Gasteiger partial charge is 0.0622 e. The van der Waals surface area contributed by atoms with E-state index in [1.807, 2.05) is 0 Å². The maximum absolute atomic E-state index is 2.33. The van der Waals surface area contributed by atoms with E-state index in [9.17, 15) is 0 Å². The van der Waals surface area contributed by atoms with Crippen molar-refractivity contribution in [3.05, 3.63) is 255 Å². The highest BCUT2D eigenvalue weighted by Crippen LogP contribution is 2.45. The molecule has 314 valence electrons. The second-order valence-corrected chi connectivity index (χ2v) is 18.3. The summed E-state index contributed by atoms with van der Waals surface area (Å²) in [6, 6.07) is 94.4. The van der Waals surface area contributed by atoms with E-state index < -0.39 is 0 Å². The monoisotopic (exact) mass is 858 g/mol. The van der Waals surface area contributed by atoms with Crippen LogP contribution in [0.4, 0.5) is 0 Å². The lowest BCUT2D eigenvalue weighted by Gasteiger charge is -2.17. The summed E-state index contributed by atoms with van der Waals surface area (Å²) in [4.78, 5) is 0. The normalized spacial score (nSPS) is 11.8. The zero-order valence-electron chi connectivity index (χ0n) is 37.2. The summed E-state index contributed by atoms with van der Waals surface area (Å²) < 4.78 is 0. The van der Waals surface area contributed by atoms with Crippen molar-refractivity contribution in [3.8, 4) is 77.9 Å². The standard InChI is InChI=1S/C68H42/c1-3-8-43(9-4-1)44-14-20-48(21-15-44)58-35-27-53-33-41-64-60(37-29-54-32-40-62(58)67(53)68(54)64)50-24-18-46(19-25-50)56-13-7-12-55(42-56)45-16-22-49(23-17-45)59-36-28-52-30-38-61-57(47-10-5-2-6-11-47)34-26-51-31-39-63(59)66(52)65(51)61/h1-42H. The average molecular weight is 859 g/mol. The van der Waals surface area contributed by atoms with Crippen LogP contribution in [0.2, 0.25) is 0 Å². The van der Waals surface area contributed by atoms with Gasteiger partial charge in [-0.25, -0.2) is 0 Å². The summed E-state index contributed by atoms with van der Waals surface area (Å²) in [6.45, 7) is 0. The minimum atomic E-state index is 1.21. The minimum Gasteiger partial charge on any atom is -0.0622 e. The highest BCUT2D eigenvalue weighted by atomic mass is 14.2. The second-order valence-electron chi connectivity index (χ2n) is 18.3. The molecule has 0 aliphatic rings. The molecule has 14 aromatic carbocycles. The van der Waals surface area contributed by atoms with Crippen LogP contribution in [0, 0.1) is 0 Å². The molecule has 14 aromatic rings. The Kier molecular flexibility index (Phi) is 8.69. The number of hydrogen-bond donors (Lipinski definition) is 0. The van der Waals surface area contributed by atoms with Gasteiger partial charge in [0.05, 0.1) is 0 Å². The molecule has 0 bridgehead atoms. The van der Waals surface area contributed by atoms with Crippen molar-refractivity contribution in [1.82, 2.24) is 0 Å². The maximum atomic E-state index is 2.33. The summed E-state index contributed by atoms with van der Waals surface area (Å²) in [6.07, 6.45) is 0. The van der Waals surface area contributed by atoms with Crippen LogP contribution in [0.1, 0.15) is 0 Å². The summed E-state index contributed by atoms with van der Waals surface area (Å²) >= 11 is 0. The molecule has 0 radical (unpaired) electrons. The molecule has 0 fully saturated rings. The molecule has 0 aliphatic heterocycles. The van der Waals surface area contributed by atoms with Crippen LogP contribution in [-0.4, -0.2) is 0 Å². The summed E-state index contributed by atoms with van der Waals surface area (Å²) in [5.41, 5.74) is 17.3. The van der Waals surface area contributed by atoms with Crippen molar-refractivity contribution in [2.24, 2.45) is 0 Å². The molecule has 0 amide bonds. The molecule has 0 spiro atoms. The van der Waals surface area contributed by atoms with Crippen molar-refractivity contribution in [2.75, 3.05) is 0 Å². The van der Waals surface area contributed by atoms with Gasteiger partial charge in [0.2, 0.25) is 0 Å². The molecule has 0 nitrogen and oxygen atoms in total. The topological polar surface area (TPSA) is 0 Å². The lowest BCUT2D eigenvalue weighted by Crippen LogP contribution is -1.90. The Morgan fingerprint density at radius 1 is 0.147 bits per heavy atom. The van der Waals surface area contributed by atoms with Gasteiger partial charge in [-0.15, -0.1) is 0 Å². The van der Waals surface area contributed by atoms with E-state index >= 15 is 0 Å². The van der Waals surface area contributed by atoms with E-state index in [0.717, 1.165) is 0 Å². The van der Waals surface area contributed by atoms with E-state index in [-0.39, 0.29) is 0 Å². The maximum Gasteiger partial charge on any atom is -0.00203 e. The van der Waals surface area contributed by atoms with Crippen LogP contribution in [-0.2, 0) is 0 Å². The Bertz CT molecular complexity index is 4180. The molecular formula is C68H42. The Balaban J connectivity index is 0.768. The number of benzene rings is 14. The zero-order chi connectivity index (χ0) is 44.7. The first-order chi connectivity index (χ1) is 33.7. The van der Waals surface area contributed by atoms with Crippen molar-refractivity contribution < 1.29 is 0 Å². The van der Waals surface area contributed by atoms with Gasteiger partial charge in [0.15, 0.2) is 0 Å². The van der Waals surface area contributed by atoms with Crippen molar-refractivity contribution in [1.29, 1.82) is 0 Å². The van der Waals surface area contributed by atoms with Gasteiger partial charge in [-0.05, 0) is 149 Å². The molecule has 0 atom stereocenters.